The number of benzene rings is 1. The highest BCUT2D eigenvalue weighted by molar-refractivity contribution is 6.34. The Morgan fingerprint density at radius 2 is 2.00 bits per heavy atom. The lowest BCUT2D eigenvalue weighted by Crippen LogP contribution is -2.14. The molecule has 2 heteroatoms. The molecule has 0 radical (unpaired) electrons. The largest absolute Gasteiger partial charge is 0.492 e. The van der Waals surface area contributed by atoms with E-state index in [1.807, 2.05) is 19.9 Å². The van der Waals surface area contributed by atoms with Crippen LogP contribution in [0.2, 0.25) is 0 Å². The fraction of sp³-hybridized carbons (Fsp3) is 0.400. The second kappa shape index (κ2) is 3.66. The van der Waals surface area contributed by atoms with Gasteiger partial charge in [-0.05, 0) is 32.3 Å². The van der Waals surface area contributed by atoms with Gasteiger partial charge in [-0.3, -0.25) is 0 Å². The molecule has 0 amide bonds. The summed E-state index contributed by atoms with van der Waals surface area (Å²) in [6.07, 6.45) is 0.256. The van der Waals surface area contributed by atoms with Crippen LogP contribution in [0.3, 0.4) is 0 Å². The van der Waals surface area contributed by atoms with E-state index in [1.54, 1.807) is 0 Å². The second-order valence-corrected chi connectivity index (χ2v) is 3.44. The Morgan fingerprint density at radius 3 is 2.50 bits per heavy atom. The van der Waals surface area contributed by atoms with Gasteiger partial charge < -0.3 is 4.74 Å². The van der Waals surface area contributed by atoms with Gasteiger partial charge in [0.1, 0.15) is 13.6 Å². The van der Waals surface area contributed by atoms with Crippen LogP contribution in [-0.2, 0) is 0 Å². The van der Waals surface area contributed by atoms with E-state index in [2.05, 4.69) is 26.9 Å². The molecular weight excluding hydrogens is 147 g/mol. The molecule has 1 aromatic rings. The summed E-state index contributed by atoms with van der Waals surface area (Å²) in [5.74, 6) is 0.996. The first-order valence-electron chi connectivity index (χ1n) is 4.33. The topological polar surface area (TPSA) is 9.23 Å². The van der Waals surface area contributed by atoms with E-state index in [0.717, 1.165) is 5.75 Å². The summed E-state index contributed by atoms with van der Waals surface area (Å²) in [4.78, 5) is 0. The number of hydrogen-bond acceptors (Lipinski definition) is 1. The molecule has 0 aliphatic rings. The van der Waals surface area contributed by atoms with Gasteiger partial charge in [0.15, 0.2) is 0 Å². The monoisotopic (exact) mass is 162 g/mol. The van der Waals surface area contributed by atoms with Crippen molar-refractivity contribution in [2.45, 2.75) is 26.9 Å². The number of rotatable bonds is 2. The number of aryl methyl sites for hydroxylation is 1. The van der Waals surface area contributed by atoms with Crippen molar-refractivity contribution in [3.8, 4) is 5.75 Å². The Morgan fingerprint density at radius 1 is 1.33 bits per heavy atom. The highest BCUT2D eigenvalue weighted by Gasteiger charge is 2.00. The van der Waals surface area contributed by atoms with Crippen molar-refractivity contribution in [2.24, 2.45) is 0 Å². The van der Waals surface area contributed by atoms with Gasteiger partial charge in [0.2, 0.25) is 0 Å². The van der Waals surface area contributed by atoms with Crippen LogP contribution in [-0.4, -0.2) is 14.0 Å². The Balaban J connectivity index is 2.86. The first-order valence-corrected chi connectivity index (χ1v) is 4.33. The van der Waals surface area contributed by atoms with Crippen LogP contribution in [0.4, 0.5) is 0 Å². The van der Waals surface area contributed by atoms with Crippen molar-refractivity contribution in [1.82, 2.24) is 0 Å². The van der Waals surface area contributed by atoms with Gasteiger partial charge in [0.25, 0.3) is 0 Å². The Bertz CT molecular complexity index is 269. The molecule has 1 aromatic carbocycles. The van der Waals surface area contributed by atoms with E-state index in [4.69, 9.17) is 4.74 Å². The predicted octanol–water partition coefficient (Wildman–Crippen LogP) is 1.04. The first kappa shape index (κ1) is 9.18. The summed E-state index contributed by atoms with van der Waals surface area (Å²) in [6, 6.07) is 6.24. The molecule has 0 aliphatic carbocycles. The summed E-state index contributed by atoms with van der Waals surface area (Å²) in [5, 5.41) is 0. The number of ether oxygens (including phenoxy) is 1. The van der Waals surface area contributed by atoms with Crippen LogP contribution < -0.4 is 10.2 Å². The van der Waals surface area contributed by atoms with Gasteiger partial charge in [-0.25, -0.2) is 0 Å². The zero-order valence-electron chi connectivity index (χ0n) is 8.22. The van der Waals surface area contributed by atoms with Crippen LogP contribution >= 0.6 is 0 Å². The lowest BCUT2D eigenvalue weighted by atomic mass is 9.93. The summed E-state index contributed by atoms with van der Waals surface area (Å²) in [7, 11) is 2.07. The van der Waals surface area contributed by atoms with Gasteiger partial charge in [0.05, 0.1) is 6.10 Å². The SMILES string of the molecule is Bc1cc(C)ccc1OC(C)C. The molecule has 1 rings (SSSR count). The molecule has 0 atom stereocenters. The normalized spacial score (nSPS) is 10.3. The summed E-state index contributed by atoms with van der Waals surface area (Å²) < 4.78 is 5.60. The summed E-state index contributed by atoms with van der Waals surface area (Å²) >= 11 is 0. The summed E-state index contributed by atoms with van der Waals surface area (Å²) in [6.45, 7) is 6.17. The maximum absolute atomic E-state index is 5.60. The molecule has 0 spiro atoms. The van der Waals surface area contributed by atoms with E-state index < -0.39 is 0 Å². The molecular formula is C10H15BO. The quantitative estimate of drug-likeness (QED) is 0.590. The summed E-state index contributed by atoms with van der Waals surface area (Å²) in [5.41, 5.74) is 2.49. The third-order valence-corrected chi connectivity index (χ3v) is 1.69. The van der Waals surface area contributed by atoms with Crippen molar-refractivity contribution >= 4 is 13.3 Å². The molecule has 0 N–H and O–H groups in total. The van der Waals surface area contributed by atoms with E-state index >= 15 is 0 Å². The molecule has 0 saturated heterocycles. The zero-order chi connectivity index (χ0) is 9.14. The van der Waals surface area contributed by atoms with Crippen LogP contribution in [0.5, 0.6) is 5.75 Å². The van der Waals surface area contributed by atoms with Crippen LogP contribution in [0.25, 0.3) is 0 Å². The molecule has 0 heterocycles. The lowest BCUT2D eigenvalue weighted by Gasteiger charge is -2.12. The van der Waals surface area contributed by atoms with E-state index in [-0.39, 0.29) is 6.10 Å². The second-order valence-electron chi connectivity index (χ2n) is 3.44. The van der Waals surface area contributed by atoms with E-state index in [9.17, 15) is 0 Å². The Labute approximate surface area is 75.2 Å². The predicted molar refractivity (Wildman–Crippen MR) is 55.1 cm³/mol. The Kier molecular flexibility index (Phi) is 2.80. The molecule has 0 saturated carbocycles. The van der Waals surface area contributed by atoms with Gasteiger partial charge in [0, 0.05) is 0 Å². The van der Waals surface area contributed by atoms with Crippen molar-refractivity contribution in [3.05, 3.63) is 23.8 Å². The average molecular weight is 162 g/mol. The minimum atomic E-state index is 0.256. The van der Waals surface area contributed by atoms with Crippen LogP contribution in [0, 0.1) is 6.92 Å². The molecule has 0 unspecified atom stereocenters. The molecule has 0 fully saturated rings. The van der Waals surface area contributed by atoms with Crippen molar-refractivity contribution in [2.75, 3.05) is 0 Å². The van der Waals surface area contributed by atoms with Crippen LogP contribution in [0.15, 0.2) is 18.2 Å². The zero-order valence-corrected chi connectivity index (χ0v) is 8.22. The van der Waals surface area contributed by atoms with Crippen molar-refractivity contribution in [1.29, 1.82) is 0 Å². The average Bonchev–Trinajstić information content (AvgIpc) is 1.94. The van der Waals surface area contributed by atoms with E-state index in [0.29, 0.717) is 0 Å². The fourth-order valence-electron chi connectivity index (χ4n) is 1.19. The van der Waals surface area contributed by atoms with Crippen LogP contribution in [0.1, 0.15) is 19.4 Å². The highest BCUT2D eigenvalue weighted by Crippen LogP contribution is 2.09. The molecule has 0 bridgehead atoms. The third kappa shape index (κ3) is 2.30. The molecule has 12 heavy (non-hydrogen) atoms. The van der Waals surface area contributed by atoms with Gasteiger partial charge in [-0.1, -0.05) is 17.7 Å². The lowest BCUT2D eigenvalue weighted by molar-refractivity contribution is 0.244. The minimum absolute atomic E-state index is 0.256. The highest BCUT2D eigenvalue weighted by atomic mass is 16.5. The first-order chi connectivity index (χ1) is 5.59. The Hall–Kier alpha value is -0.915. The maximum atomic E-state index is 5.60. The van der Waals surface area contributed by atoms with Gasteiger partial charge in [-0.2, -0.15) is 0 Å². The van der Waals surface area contributed by atoms with Crippen molar-refractivity contribution < 1.29 is 4.74 Å². The molecule has 0 aromatic heterocycles. The molecule has 1 nitrogen and oxygen atoms in total. The number of hydrogen-bond donors (Lipinski definition) is 0. The standard InChI is InChI=1S/C10H15BO/c1-7(2)12-10-5-4-8(3)6-9(10)11/h4-7H,11H2,1-3H3. The smallest absolute Gasteiger partial charge is 0.144 e. The minimum Gasteiger partial charge on any atom is -0.492 e. The van der Waals surface area contributed by atoms with Gasteiger partial charge >= 0.3 is 0 Å². The molecule has 64 valence electrons. The third-order valence-electron chi connectivity index (χ3n) is 1.69. The maximum Gasteiger partial charge on any atom is 0.144 e. The molecule has 0 aliphatic heterocycles. The van der Waals surface area contributed by atoms with E-state index in [1.165, 1.54) is 11.0 Å². The van der Waals surface area contributed by atoms with Gasteiger partial charge in [-0.15, -0.1) is 0 Å². The van der Waals surface area contributed by atoms with Crippen molar-refractivity contribution in [3.63, 3.8) is 0 Å². The fourth-order valence-corrected chi connectivity index (χ4v) is 1.19.